The van der Waals surface area contributed by atoms with Gasteiger partial charge in [-0.25, -0.2) is 9.59 Å². The molecule has 1 amide bonds. The van der Waals surface area contributed by atoms with E-state index in [-0.39, 0.29) is 24.4 Å². The number of likely N-dealkylation sites (tertiary alicyclic amines) is 1. The molecule has 3 rings (SSSR count). The second-order valence-electron chi connectivity index (χ2n) is 6.36. The molecule has 5 nitrogen and oxygen atoms in total. The molecule has 0 unspecified atom stereocenters. The molecule has 1 aromatic rings. The van der Waals surface area contributed by atoms with Crippen LogP contribution in [0.15, 0.2) is 42.5 Å². The zero-order valence-electron chi connectivity index (χ0n) is 13.9. The van der Waals surface area contributed by atoms with Gasteiger partial charge in [-0.2, -0.15) is 0 Å². The summed E-state index contributed by atoms with van der Waals surface area (Å²) in [5.74, 6) is -0.0686. The van der Waals surface area contributed by atoms with E-state index in [0.29, 0.717) is 13.2 Å². The Morgan fingerprint density at radius 2 is 2.00 bits per heavy atom. The van der Waals surface area contributed by atoms with E-state index >= 15 is 0 Å². The van der Waals surface area contributed by atoms with E-state index in [1.54, 1.807) is 6.92 Å². The second-order valence-corrected chi connectivity index (χ2v) is 6.36. The van der Waals surface area contributed by atoms with Crippen molar-refractivity contribution in [1.82, 2.24) is 4.90 Å². The highest BCUT2D eigenvalue weighted by Gasteiger charge is 2.52. The third-order valence-corrected chi connectivity index (χ3v) is 4.94. The molecule has 5 heteroatoms. The SMILES string of the molecule is C=C1CC[C@H]2[C@@H]1CN(C(=O)OCc1ccccc1)[C@@H]2C(=O)OCC. The summed E-state index contributed by atoms with van der Waals surface area (Å²) in [5, 5.41) is 0. The molecule has 1 aromatic carbocycles. The zero-order valence-corrected chi connectivity index (χ0v) is 13.9. The van der Waals surface area contributed by atoms with Crippen molar-refractivity contribution in [3.05, 3.63) is 48.0 Å². The average molecular weight is 329 g/mol. The summed E-state index contributed by atoms with van der Waals surface area (Å²) in [5.41, 5.74) is 2.04. The number of hydrogen-bond donors (Lipinski definition) is 0. The number of hydrogen-bond acceptors (Lipinski definition) is 4. The second kappa shape index (κ2) is 7.07. The maximum atomic E-state index is 12.5. The fraction of sp³-hybridized carbons (Fsp3) is 0.474. The number of esters is 1. The number of carbonyl (C=O) groups excluding carboxylic acids is 2. The van der Waals surface area contributed by atoms with E-state index in [4.69, 9.17) is 9.47 Å². The van der Waals surface area contributed by atoms with Crippen molar-refractivity contribution < 1.29 is 19.1 Å². The fourth-order valence-electron chi connectivity index (χ4n) is 3.76. The molecule has 0 spiro atoms. The molecule has 1 saturated heterocycles. The Balaban J connectivity index is 1.71. The minimum atomic E-state index is -0.558. The van der Waals surface area contributed by atoms with Crippen molar-refractivity contribution in [2.75, 3.05) is 13.2 Å². The number of ether oxygens (including phenoxy) is 2. The van der Waals surface area contributed by atoms with Crippen LogP contribution in [0.1, 0.15) is 25.3 Å². The van der Waals surface area contributed by atoms with Crippen LogP contribution in [-0.2, 0) is 20.9 Å². The molecule has 24 heavy (non-hydrogen) atoms. The van der Waals surface area contributed by atoms with Gasteiger partial charge in [0.05, 0.1) is 6.61 Å². The molecule has 0 bridgehead atoms. The molecular formula is C19H23NO4. The van der Waals surface area contributed by atoms with E-state index in [9.17, 15) is 9.59 Å². The maximum Gasteiger partial charge on any atom is 0.410 e. The van der Waals surface area contributed by atoms with Gasteiger partial charge in [0.15, 0.2) is 0 Å². The normalized spacial score (nSPS) is 25.5. The first-order valence-electron chi connectivity index (χ1n) is 8.43. The first-order valence-corrected chi connectivity index (χ1v) is 8.43. The summed E-state index contributed by atoms with van der Waals surface area (Å²) in [6.07, 6.45) is 1.33. The Kier molecular flexibility index (Phi) is 4.88. The third kappa shape index (κ3) is 3.16. The summed E-state index contributed by atoms with van der Waals surface area (Å²) in [6, 6.07) is 8.95. The highest BCUT2D eigenvalue weighted by molar-refractivity contribution is 5.83. The lowest BCUT2D eigenvalue weighted by Crippen LogP contribution is -2.44. The van der Waals surface area contributed by atoms with Crippen LogP contribution in [0.3, 0.4) is 0 Å². The van der Waals surface area contributed by atoms with E-state index in [2.05, 4.69) is 6.58 Å². The Labute approximate surface area is 142 Å². The van der Waals surface area contributed by atoms with Crippen molar-refractivity contribution in [3.8, 4) is 0 Å². The quantitative estimate of drug-likeness (QED) is 0.629. The van der Waals surface area contributed by atoms with Crippen LogP contribution in [-0.4, -0.2) is 36.2 Å². The van der Waals surface area contributed by atoms with Crippen molar-refractivity contribution >= 4 is 12.1 Å². The van der Waals surface area contributed by atoms with E-state index < -0.39 is 12.1 Å². The van der Waals surface area contributed by atoms with Gasteiger partial charge in [0.1, 0.15) is 12.6 Å². The van der Waals surface area contributed by atoms with Crippen LogP contribution in [0.5, 0.6) is 0 Å². The lowest BCUT2D eigenvalue weighted by Gasteiger charge is -2.25. The highest BCUT2D eigenvalue weighted by atomic mass is 16.6. The van der Waals surface area contributed by atoms with E-state index in [1.807, 2.05) is 30.3 Å². The third-order valence-electron chi connectivity index (χ3n) is 4.94. The number of rotatable bonds is 4. The number of amides is 1. The molecule has 3 atom stereocenters. The highest BCUT2D eigenvalue weighted by Crippen LogP contribution is 2.45. The molecule has 0 N–H and O–H groups in total. The predicted molar refractivity (Wildman–Crippen MR) is 89.1 cm³/mol. The molecular weight excluding hydrogens is 306 g/mol. The van der Waals surface area contributed by atoms with Crippen LogP contribution in [0.2, 0.25) is 0 Å². The van der Waals surface area contributed by atoms with Gasteiger partial charge in [-0.1, -0.05) is 42.5 Å². The van der Waals surface area contributed by atoms with E-state index in [0.717, 1.165) is 24.0 Å². The fourth-order valence-corrected chi connectivity index (χ4v) is 3.76. The van der Waals surface area contributed by atoms with Crippen molar-refractivity contribution in [2.45, 2.75) is 32.4 Å². The summed E-state index contributed by atoms with van der Waals surface area (Å²) in [6.45, 7) is 6.86. The molecule has 0 radical (unpaired) electrons. The van der Waals surface area contributed by atoms with Gasteiger partial charge in [-0.15, -0.1) is 0 Å². The summed E-state index contributed by atoms with van der Waals surface area (Å²) < 4.78 is 10.6. The molecule has 1 heterocycles. The Morgan fingerprint density at radius 3 is 2.71 bits per heavy atom. The van der Waals surface area contributed by atoms with Crippen LogP contribution in [0, 0.1) is 11.8 Å². The molecule has 128 valence electrons. The van der Waals surface area contributed by atoms with Crippen LogP contribution in [0.25, 0.3) is 0 Å². The minimum absolute atomic E-state index is 0.0980. The summed E-state index contributed by atoms with van der Waals surface area (Å²) in [4.78, 5) is 26.5. The molecule has 1 aliphatic carbocycles. The van der Waals surface area contributed by atoms with Gasteiger partial charge < -0.3 is 9.47 Å². The van der Waals surface area contributed by atoms with Crippen molar-refractivity contribution in [1.29, 1.82) is 0 Å². The van der Waals surface area contributed by atoms with E-state index in [1.165, 1.54) is 4.90 Å². The van der Waals surface area contributed by atoms with Gasteiger partial charge in [0, 0.05) is 12.5 Å². The smallest absolute Gasteiger partial charge is 0.410 e. The lowest BCUT2D eigenvalue weighted by atomic mass is 9.93. The van der Waals surface area contributed by atoms with Gasteiger partial charge >= 0.3 is 12.1 Å². The summed E-state index contributed by atoms with van der Waals surface area (Å²) in [7, 11) is 0. The number of fused-ring (bicyclic) bond motifs is 1. The Bertz CT molecular complexity index is 628. The van der Waals surface area contributed by atoms with Gasteiger partial charge in [0.25, 0.3) is 0 Å². The van der Waals surface area contributed by atoms with Crippen LogP contribution in [0.4, 0.5) is 4.79 Å². The topological polar surface area (TPSA) is 55.8 Å². The van der Waals surface area contributed by atoms with Gasteiger partial charge in [0.2, 0.25) is 0 Å². The van der Waals surface area contributed by atoms with Crippen molar-refractivity contribution in [3.63, 3.8) is 0 Å². The Hall–Kier alpha value is -2.30. The van der Waals surface area contributed by atoms with Gasteiger partial charge in [-0.05, 0) is 31.2 Å². The number of carbonyl (C=O) groups is 2. The lowest BCUT2D eigenvalue weighted by molar-refractivity contribution is -0.149. The number of nitrogens with zero attached hydrogens (tertiary/aromatic N) is 1. The summed E-state index contributed by atoms with van der Waals surface area (Å²) >= 11 is 0. The molecule has 1 saturated carbocycles. The van der Waals surface area contributed by atoms with Crippen molar-refractivity contribution in [2.24, 2.45) is 11.8 Å². The first-order chi connectivity index (χ1) is 11.6. The van der Waals surface area contributed by atoms with Crippen LogP contribution < -0.4 is 0 Å². The predicted octanol–water partition coefficient (Wildman–Crippen LogP) is 3.15. The molecule has 2 fully saturated rings. The monoisotopic (exact) mass is 329 g/mol. The molecule has 2 aliphatic rings. The molecule has 0 aromatic heterocycles. The van der Waals surface area contributed by atoms with Crippen LogP contribution >= 0.6 is 0 Å². The minimum Gasteiger partial charge on any atom is -0.464 e. The molecule has 1 aliphatic heterocycles. The zero-order chi connectivity index (χ0) is 17.1. The number of benzene rings is 1. The average Bonchev–Trinajstić information content (AvgIpc) is 3.14. The largest absolute Gasteiger partial charge is 0.464 e. The maximum absolute atomic E-state index is 12.5. The standard InChI is InChI=1S/C19H23NO4/c1-3-23-18(21)17-15-10-9-13(2)16(15)11-20(17)19(22)24-12-14-7-5-4-6-8-14/h4-8,15-17H,2-3,9-12H2,1H3/t15-,16+,17-/m0/s1. The van der Waals surface area contributed by atoms with Gasteiger partial charge in [-0.3, -0.25) is 4.90 Å². The first kappa shape index (κ1) is 16.6. The Morgan fingerprint density at radius 1 is 1.25 bits per heavy atom.